The van der Waals surface area contributed by atoms with E-state index in [-0.39, 0.29) is 5.78 Å². The van der Waals surface area contributed by atoms with Crippen molar-refractivity contribution < 1.29 is 4.79 Å². The second-order valence-electron chi connectivity index (χ2n) is 4.46. The summed E-state index contributed by atoms with van der Waals surface area (Å²) in [5.74, 6) is -0.967. The number of carbonyl (C=O) groups is 1. The van der Waals surface area contributed by atoms with Crippen molar-refractivity contribution in [3.8, 4) is 6.07 Å². The Balaban J connectivity index is 2.43. The third kappa shape index (κ3) is 2.53. The molecule has 0 aliphatic rings. The Bertz CT molecular complexity index is 642. The highest BCUT2D eigenvalue weighted by Gasteiger charge is 2.23. The normalized spacial score (nSPS) is 11.6. The Morgan fingerprint density at radius 2 is 2.05 bits per heavy atom. The number of rotatable bonds is 3. The molecule has 0 bridgehead atoms. The van der Waals surface area contributed by atoms with Crippen LogP contribution in [0.3, 0.4) is 0 Å². The maximum absolute atomic E-state index is 12.5. The first-order valence-electron chi connectivity index (χ1n) is 6.05. The highest BCUT2D eigenvalue weighted by molar-refractivity contribution is 6.04. The molecule has 1 heterocycles. The van der Waals surface area contributed by atoms with E-state index in [0.29, 0.717) is 11.1 Å². The Morgan fingerprint density at radius 3 is 2.68 bits per heavy atom. The van der Waals surface area contributed by atoms with Crippen LogP contribution in [0, 0.1) is 25.2 Å². The van der Waals surface area contributed by atoms with Crippen molar-refractivity contribution in [3.63, 3.8) is 0 Å². The molecule has 94 valence electrons. The molecule has 0 spiro atoms. The lowest BCUT2D eigenvalue weighted by atomic mass is 9.89. The van der Waals surface area contributed by atoms with Gasteiger partial charge in [-0.25, -0.2) is 0 Å². The number of nitriles is 1. The van der Waals surface area contributed by atoms with Gasteiger partial charge in [0, 0.05) is 18.0 Å². The van der Waals surface area contributed by atoms with Crippen LogP contribution in [0.2, 0.25) is 0 Å². The third-order valence-electron chi connectivity index (χ3n) is 3.28. The molecule has 3 heteroatoms. The summed E-state index contributed by atoms with van der Waals surface area (Å²) >= 11 is 0. The summed E-state index contributed by atoms with van der Waals surface area (Å²) < 4.78 is 0. The lowest BCUT2D eigenvalue weighted by molar-refractivity contribution is 0.0978. The van der Waals surface area contributed by atoms with Gasteiger partial charge in [0.2, 0.25) is 0 Å². The molecule has 1 atom stereocenters. The molecule has 2 aromatic rings. The molecule has 0 N–H and O–H groups in total. The van der Waals surface area contributed by atoms with Crippen molar-refractivity contribution in [1.82, 2.24) is 4.98 Å². The zero-order chi connectivity index (χ0) is 13.8. The van der Waals surface area contributed by atoms with E-state index in [4.69, 9.17) is 0 Å². The number of benzene rings is 1. The molecule has 3 nitrogen and oxygen atoms in total. The summed E-state index contributed by atoms with van der Waals surface area (Å²) in [4.78, 5) is 16.5. The minimum absolute atomic E-state index is 0.170. The van der Waals surface area contributed by atoms with E-state index in [1.54, 1.807) is 30.6 Å². The number of hydrogen-bond donors (Lipinski definition) is 0. The number of nitrogens with zero attached hydrogens (tertiary/aromatic N) is 2. The number of hydrogen-bond acceptors (Lipinski definition) is 3. The zero-order valence-electron chi connectivity index (χ0n) is 10.9. The molecule has 19 heavy (non-hydrogen) atoms. The van der Waals surface area contributed by atoms with Gasteiger partial charge < -0.3 is 0 Å². The first-order valence-corrected chi connectivity index (χ1v) is 6.05. The van der Waals surface area contributed by atoms with E-state index < -0.39 is 5.92 Å². The number of ketones is 1. The molecule has 1 aromatic carbocycles. The summed E-state index contributed by atoms with van der Waals surface area (Å²) in [6, 6.07) is 11.1. The standard InChI is InChI=1S/C16H14N2O/c1-11-5-3-7-14(12(11)2)16(19)15(9-17)13-6-4-8-18-10-13/h3-8,10,15H,1-2H3. The van der Waals surface area contributed by atoms with E-state index in [1.165, 1.54) is 0 Å². The van der Waals surface area contributed by atoms with Gasteiger partial charge in [-0.3, -0.25) is 9.78 Å². The van der Waals surface area contributed by atoms with Gasteiger partial charge in [-0.15, -0.1) is 0 Å². The molecule has 0 aliphatic heterocycles. The van der Waals surface area contributed by atoms with Crippen LogP contribution in [0.15, 0.2) is 42.7 Å². The molecule has 1 aromatic heterocycles. The van der Waals surface area contributed by atoms with E-state index in [9.17, 15) is 10.1 Å². The summed E-state index contributed by atoms with van der Waals surface area (Å²) in [6.45, 7) is 3.86. The lowest BCUT2D eigenvalue weighted by Gasteiger charge is -2.11. The summed E-state index contributed by atoms with van der Waals surface area (Å²) in [6.07, 6.45) is 3.19. The third-order valence-corrected chi connectivity index (χ3v) is 3.28. The monoisotopic (exact) mass is 250 g/mol. The van der Waals surface area contributed by atoms with Gasteiger partial charge in [0.15, 0.2) is 5.78 Å². The van der Waals surface area contributed by atoms with Crippen LogP contribution >= 0.6 is 0 Å². The molecule has 2 rings (SSSR count). The number of aryl methyl sites for hydroxylation is 1. The molecule has 0 saturated carbocycles. The summed E-state index contributed by atoms with van der Waals surface area (Å²) in [7, 11) is 0. The van der Waals surface area contributed by atoms with Crippen LogP contribution in [-0.4, -0.2) is 10.8 Å². The van der Waals surface area contributed by atoms with Gasteiger partial charge >= 0.3 is 0 Å². The SMILES string of the molecule is Cc1cccc(C(=O)C(C#N)c2cccnc2)c1C. The molecule has 0 radical (unpaired) electrons. The van der Waals surface area contributed by atoms with Gasteiger partial charge in [-0.1, -0.05) is 24.3 Å². The zero-order valence-corrected chi connectivity index (χ0v) is 10.9. The van der Waals surface area contributed by atoms with Crippen molar-refractivity contribution >= 4 is 5.78 Å². The Hall–Kier alpha value is -2.47. The summed E-state index contributed by atoms with van der Waals surface area (Å²) in [5, 5.41) is 9.27. The average molecular weight is 250 g/mol. The smallest absolute Gasteiger partial charge is 0.184 e. The van der Waals surface area contributed by atoms with Crippen LogP contribution in [-0.2, 0) is 0 Å². The maximum Gasteiger partial charge on any atom is 0.184 e. The van der Waals surface area contributed by atoms with Gasteiger partial charge in [0.05, 0.1) is 6.07 Å². The van der Waals surface area contributed by atoms with E-state index in [0.717, 1.165) is 11.1 Å². The van der Waals surface area contributed by atoms with Crippen LogP contribution in [0.4, 0.5) is 0 Å². The second kappa shape index (κ2) is 5.45. The molecule has 1 unspecified atom stereocenters. The highest BCUT2D eigenvalue weighted by atomic mass is 16.1. The highest BCUT2D eigenvalue weighted by Crippen LogP contribution is 2.23. The second-order valence-corrected chi connectivity index (χ2v) is 4.46. The molecular formula is C16H14N2O. The first kappa shape index (κ1) is 13.0. The number of carbonyl (C=O) groups excluding carboxylic acids is 1. The lowest BCUT2D eigenvalue weighted by Crippen LogP contribution is -2.13. The Morgan fingerprint density at radius 1 is 1.26 bits per heavy atom. The molecule has 0 amide bonds. The van der Waals surface area contributed by atoms with Gasteiger partial charge in [-0.2, -0.15) is 5.26 Å². The number of pyridine rings is 1. The molecule has 0 saturated heterocycles. The fourth-order valence-corrected chi connectivity index (χ4v) is 2.00. The van der Waals surface area contributed by atoms with Crippen LogP contribution in [0.1, 0.15) is 33.0 Å². The summed E-state index contributed by atoms with van der Waals surface area (Å²) in [5.41, 5.74) is 3.22. The van der Waals surface area contributed by atoms with Crippen molar-refractivity contribution in [2.24, 2.45) is 0 Å². The van der Waals surface area contributed by atoms with Crippen molar-refractivity contribution in [1.29, 1.82) is 5.26 Å². The topological polar surface area (TPSA) is 53.8 Å². The fourth-order valence-electron chi connectivity index (χ4n) is 2.00. The number of Topliss-reactive ketones (excluding diaryl/α,β-unsaturated/α-hetero) is 1. The van der Waals surface area contributed by atoms with Gasteiger partial charge in [-0.05, 0) is 36.6 Å². The van der Waals surface area contributed by atoms with E-state index >= 15 is 0 Å². The predicted molar refractivity (Wildman–Crippen MR) is 72.8 cm³/mol. The largest absolute Gasteiger partial charge is 0.292 e. The molecule has 0 fully saturated rings. The minimum atomic E-state index is -0.797. The molecular weight excluding hydrogens is 236 g/mol. The predicted octanol–water partition coefficient (Wildman–Crippen LogP) is 3.19. The van der Waals surface area contributed by atoms with Crippen LogP contribution in [0.5, 0.6) is 0 Å². The maximum atomic E-state index is 12.5. The van der Waals surface area contributed by atoms with Gasteiger partial charge in [0.1, 0.15) is 5.92 Å². The first-order chi connectivity index (χ1) is 9.15. The van der Waals surface area contributed by atoms with E-state index in [2.05, 4.69) is 11.1 Å². The van der Waals surface area contributed by atoms with Crippen LogP contribution < -0.4 is 0 Å². The fraction of sp³-hybridized carbons (Fsp3) is 0.188. The Labute approximate surface area is 112 Å². The Kier molecular flexibility index (Phi) is 3.72. The minimum Gasteiger partial charge on any atom is -0.292 e. The van der Waals surface area contributed by atoms with Crippen molar-refractivity contribution in [2.45, 2.75) is 19.8 Å². The quantitative estimate of drug-likeness (QED) is 0.786. The van der Waals surface area contributed by atoms with E-state index in [1.807, 2.05) is 26.0 Å². The number of aromatic nitrogens is 1. The average Bonchev–Trinajstić information content (AvgIpc) is 2.44. The van der Waals surface area contributed by atoms with Gasteiger partial charge in [0.25, 0.3) is 0 Å². The van der Waals surface area contributed by atoms with Crippen LogP contribution in [0.25, 0.3) is 0 Å². The molecule has 0 aliphatic carbocycles. The van der Waals surface area contributed by atoms with Crippen molar-refractivity contribution in [2.75, 3.05) is 0 Å². The van der Waals surface area contributed by atoms with Crippen molar-refractivity contribution in [3.05, 3.63) is 65.0 Å².